The Bertz CT molecular complexity index is 1090. The zero-order valence-electron chi connectivity index (χ0n) is 14.5. The third-order valence-electron chi connectivity index (χ3n) is 4.09. The Kier molecular flexibility index (Phi) is 4.76. The lowest BCUT2D eigenvalue weighted by atomic mass is 10.2. The van der Waals surface area contributed by atoms with E-state index < -0.39 is 6.36 Å². The number of aromatic nitrogens is 3. The number of nitrogens with zero attached hydrogens (tertiary/aromatic N) is 2. The first-order valence-electron chi connectivity index (χ1n) is 8.31. The van der Waals surface area contributed by atoms with Crippen molar-refractivity contribution in [3.63, 3.8) is 0 Å². The van der Waals surface area contributed by atoms with Crippen molar-refractivity contribution in [2.45, 2.75) is 23.8 Å². The van der Waals surface area contributed by atoms with Gasteiger partial charge >= 0.3 is 6.36 Å². The molecule has 5 nitrogen and oxygen atoms in total. The third-order valence-corrected chi connectivity index (χ3v) is 5.08. The van der Waals surface area contributed by atoms with E-state index >= 15 is 0 Å². The van der Waals surface area contributed by atoms with E-state index in [-0.39, 0.29) is 11.0 Å². The van der Waals surface area contributed by atoms with Crippen molar-refractivity contribution in [3.05, 3.63) is 60.3 Å². The van der Waals surface area contributed by atoms with Crippen molar-refractivity contribution in [1.82, 2.24) is 15.2 Å². The molecule has 0 amide bonds. The van der Waals surface area contributed by atoms with E-state index in [0.29, 0.717) is 11.1 Å². The minimum atomic E-state index is -4.70. The largest absolute Gasteiger partial charge is 0.573 e. The highest BCUT2D eigenvalue weighted by atomic mass is 32.2. The maximum atomic E-state index is 12.2. The van der Waals surface area contributed by atoms with E-state index in [0.717, 1.165) is 22.0 Å². The lowest BCUT2D eigenvalue weighted by molar-refractivity contribution is -0.274. The molecule has 4 aromatic rings. The van der Waals surface area contributed by atoms with Crippen molar-refractivity contribution in [2.24, 2.45) is 0 Å². The summed E-state index contributed by atoms with van der Waals surface area (Å²) in [7, 11) is 0. The average molecular weight is 405 g/mol. The molecule has 0 aliphatic heterocycles. The van der Waals surface area contributed by atoms with Gasteiger partial charge in [0.2, 0.25) is 0 Å². The second-order valence-corrected chi connectivity index (χ2v) is 7.29. The van der Waals surface area contributed by atoms with Gasteiger partial charge in [-0.15, -0.1) is 23.4 Å². The minimum absolute atomic E-state index is 0.101. The van der Waals surface area contributed by atoms with Gasteiger partial charge in [0.05, 0.1) is 5.56 Å². The number of hydrogen-bond acceptors (Lipinski definition) is 5. The molecule has 0 aliphatic rings. The predicted molar refractivity (Wildman–Crippen MR) is 99.0 cm³/mol. The fourth-order valence-electron chi connectivity index (χ4n) is 2.77. The Morgan fingerprint density at radius 3 is 2.57 bits per heavy atom. The van der Waals surface area contributed by atoms with Crippen LogP contribution in [0.4, 0.5) is 13.2 Å². The number of rotatable bonds is 5. The van der Waals surface area contributed by atoms with Crippen LogP contribution in [0.15, 0.2) is 64.4 Å². The van der Waals surface area contributed by atoms with Crippen LogP contribution in [-0.4, -0.2) is 21.5 Å². The number of nitrogens with one attached hydrogen (secondary N) is 1. The molecule has 0 saturated heterocycles. The number of alkyl halides is 3. The molecule has 0 radical (unpaired) electrons. The molecule has 1 N–H and O–H groups in total. The number of fused-ring (bicyclic) bond motifs is 1. The second kappa shape index (κ2) is 7.23. The molecule has 1 unspecified atom stereocenters. The van der Waals surface area contributed by atoms with Gasteiger partial charge in [-0.2, -0.15) is 0 Å². The van der Waals surface area contributed by atoms with Gasteiger partial charge in [0, 0.05) is 22.3 Å². The summed E-state index contributed by atoms with van der Waals surface area (Å²) in [6, 6.07) is 13.5. The van der Waals surface area contributed by atoms with E-state index in [1.165, 1.54) is 23.9 Å². The highest BCUT2D eigenvalue weighted by Gasteiger charge is 2.31. The summed E-state index contributed by atoms with van der Waals surface area (Å²) < 4.78 is 46.4. The van der Waals surface area contributed by atoms with Gasteiger partial charge in [-0.3, -0.25) is 0 Å². The first-order valence-corrected chi connectivity index (χ1v) is 9.19. The number of H-pyrrole nitrogens is 1. The van der Waals surface area contributed by atoms with Crippen LogP contribution in [0.25, 0.3) is 22.4 Å². The number of aromatic amines is 1. The first kappa shape index (κ1) is 18.4. The standard InChI is InChI=1S/C19H14F3N3O2S/c1-11(12-6-8-13(9-7-12)27-19(20,21)22)28-18-25-24-17(26-18)15-10-23-16-5-3-2-4-14(15)16/h2-11,23H,1H3. The molecule has 0 fully saturated rings. The Balaban J connectivity index is 1.48. The smallest absolute Gasteiger partial charge is 0.411 e. The molecule has 4 rings (SSSR count). The zero-order chi connectivity index (χ0) is 19.7. The van der Waals surface area contributed by atoms with E-state index in [2.05, 4.69) is 19.9 Å². The molecule has 2 aromatic heterocycles. The highest BCUT2D eigenvalue weighted by Crippen LogP contribution is 2.37. The van der Waals surface area contributed by atoms with Crippen LogP contribution < -0.4 is 4.74 Å². The van der Waals surface area contributed by atoms with Crippen molar-refractivity contribution < 1.29 is 22.3 Å². The summed E-state index contributed by atoms with van der Waals surface area (Å²) in [6.07, 6.45) is -2.89. The van der Waals surface area contributed by atoms with Crippen LogP contribution in [0, 0.1) is 0 Å². The fourth-order valence-corrected chi connectivity index (χ4v) is 3.59. The summed E-state index contributed by atoms with van der Waals surface area (Å²) in [5, 5.41) is 9.44. The average Bonchev–Trinajstić information content (AvgIpc) is 3.27. The molecule has 0 bridgehead atoms. The quantitative estimate of drug-likeness (QED) is 0.415. The third kappa shape index (κ3) is 3.99. The van der Waals surface area contributed by atoms with Crippen LogP contribution in [-0.2, 0) is 0 Å². The highest BCUT2D eigenvalue weighted by molar-refractivity contribution is 7.99. The van der Waals surface area contributed by atoms with Crippen molar-refractivity contribution >= 4 is 22.7 Å². The molecular formula is C19H14F3N3O2S. The van der Waals surface area contributed by atoms with Gasteiger partial charge in [-0.25, -0.2) is 0 Å². The monoisotopic (exact) mass is 405 g/mol. The fraction of sp³-hybridized carbons (Fsp3) is 0.158. The number of benzene rings is 2. The zero-order valence-corrected chi connectivity index (χ0v) is 15.3. The van der Waals surface area contributed by atoms with Crippen LogP contribution in [0.3, 0.4) is 0 Å². The summed E-state index contributed by atoms with van der Waals surface area (Å²) in [5.74, 6) is 0.147. The van der Waals surface area contributed by atoms with Crippen LogP contribution in [0.2, 0.25) is 0 Å². The Morgan fingerprint density at radius 1 is 1.07 bits per heavy atom. The molecule has 0 saturated carbocycles. The molecule has 144 valence electrons. The predicted octanol–water partition coefficient (Wildman–Crippen LogP) is 5.97. The molecule has 2 aromatic carbocycles. The lowest BCUT2D eigenvalue weighted by Crippen LogP contribution is -2.17. The molecule has 0 spiro atoms. The Labute approximate surface area is 161 Å². The van der Waals surface area contributed by atoms with Crippen molar-refractivity contribution in [3.8, 4) is 17.2 Å². The van der Waals surface area contributed by atoms with Gasteiger partial charge in [-0.05, 0) is 30.7 Å². The topological polar surface area (TPSA) is 63.9 Å². The van der Waals surface area contributed by atoms with Crippen molar-refractivity contribution in [2.75, 3.05) is 0 Å². The summed E-state index contributed by atoms with van der Waals surface area (Å²) >= 11 is 1.33. The van der Waals surface area contributed by atoms with E-state index in [9.17, 15) is 13.2 Å². The van der Waals surface area contributed by atoms with Crippen LogP contribution >= 0.6 is 11.8 Å². The van der Waals surface area contributed by atoms with Gasteiger partial charge in [0.25, 0.3) is 11.1 Å². The maximum absolute atomic E-state index is 12.2. The Morgan fingerprint density at radius 2 is 1.82 bits per heavy atom. The van der Waals surface area contributed by atoms with E-state index in [4.69, 9.17) is 4.42 Å². The van der Waals surface area contributed by atoms with Gasteiger partial charge in [0.1, 0.15) is 5.75 Å². The van der Waals surface area contributed by atoms with Crippen molar-refractivity contribution in [1.29, 1.82) is 0 Å². The van der Waals surface area contributed by atoms with Gasteiger partial charge in [0.15, 0.2) is 0 Å². The van der Waals surface area contributed by atoms with Crippen LogP contribution in [0.1, 0.15) is 17.7 Å². The number of ether oxygens (including phenoxy) is 1. The Hall–Kier alpha value is -2.94. The van der Waals surface area contributed by atoms with Gasteiger partial charge in [-0.1, -0.05) is 42.1 Å². The molecule has 9 heteroatoms. The molecule has 2 heterocycles. The van der Waals surface area contributed by atoms with E-state index in [1.54, 1.807) is 12.1 Å². The number of para-hydroxylation sites is 1. The number of thioether (sulfide) groups is 1. The SMILES string of the molecule is CC(Sc1nnc(-c2c[nH]c3ccccc23)o1)c1ccc(OC(F)(F)F)cc1. The first-order chi connectivity index (χ1) is 13.4. The summed E-state index contributed by atoms with van der Waals surface area (Å²) in [5.41, 5.74) is 2.60. The molecule has 0 aliphatic carbocycles. The molecular weight excluding hydrogens is 391 g/mol. The second-order valence-electron chi connectivity index (χ2n) is 6.00. The summed E-state index contributed by atoms with van der Waals surface area (Å²) in [4.78, 5) is 3.16. The lowest BCUT2D eigenvalue weighted by Gasteiger charge is -2.11. The molecule has 1 atom stereocenters. The maximum Gasteiger partial charge on any atom is 0.573 e. The van der Waals surface area contributed by atoms with Crippen LogP contribution in [0.5, 0.6) is 5.75 Å². The summed E-state index contributed by atoms with van der Waals surface area (Å²) in [6.45, 7) is 1.90. The van der Waals surface area contributed by atoms with Gasteiger partial charge < -0.3 is 14.1 Å². The van der Waals surface area contributed by atoms with E-state index in [1.807, 2.05) is 37.4 Å². The number of halogens is 3. The molecule has 28 heavy (non-hydrogen) atoms. The number of hydrogen-bond donors (Lipinski definition) is 1. The normalized spacial score (nSPS) is 13.0. The minimum Gasteiger partial charge on any atom is -0.411 e.